The number of rotatable bonds is 5. The van der Waals surface area contributed by atoms with Gasteiger partial charge in [-0.15, -0.1) is 0 Å². The summed E-state index contributed by atoms with van der Waals surface area (Å²) >= 11 is 0. The highest BCUT2D eigenvalue weighted by atomic mass is 16.4. The van der Waals surface area contributed by atoms with E-state index in [2.05, 4.69) is 25.3 Å². The van der Waals surface area contributed by atoms with Crippen molar-refractivity contribution in [2.24, 2.45) is 10.9 Å². The van der Waals surface area contributed by atoms with E-state index >= 15 is 0 Å². The van der Waals surface area contributed by atoms with Crippen molar-refractivity contribution in [3.8, 4) is 11.3 Å². The first-order chi connectivity index (χ1) is 14.2. The molecule has 7 nitrogen and oxygen atoms in total. The summed E-state index contributed by atoms with van der Waals surface area (Å²) in [6.45, 7) is 3.50. The van der Waals surface area contributed by atoms with Gasteiger partial charge in [-0.25, -0.2) is 0 Å². The Morgan fingerprint density at radius 3 is 2.66 bits per heavy atom. The normalized spacial score (nSPS) is 15.2. The van der Waals surface area contributed by atoms with Crippen molar-refractivity contribution in [3.05, 3.63) is 71.5 Å². The van der Waals surface area contributed by atoms with Crippen LogP contribution in [-0.2, 0) is 0 Å². The summed E-state index contributed by atoms with van der Waals surface area (Å²) in [4.78, 5) is 10.1. The van der Waals surface area contributed by atoms with Crippen LogP contribution in [0.2, 0.25) is 0 Å². The summed E-state index contributed by atoms with van der Waals surface area (Å²) in [5.74, 6) is 0.967. The molecule has 5 N–H and O–H groups in total. The Balaban J connectivity index is 1.66. The Hall–Kier alpha value is -3.58. The lowest BCUT2D eigenvalue weighted by Gasteiger charge is -2.29. The van der Waals surface area contributed by atoms with Gasteiger partial charge in [-0.1, -0.05) is 41.6 Å². The van der Waals surface area contributed by atoms with Crippen LogP contribution in [0.3, 0.4) is 0 Å². The smallest absolute Gasteiger partial charge is 0.173 e. The molecule has 1 saturated heterocycles. The number of aromatic amines is 1. The summed E-state index contributed by atoms with van der Waals surface area (Å²) in [6.07, 6.45) is 5.81. The summed E-state index contributed by atoms with van der Waals surface area (Å²) in [6, 6.07) is 16.0. The van der Waals surface area contributed by atoms with Gasteiger partial charge in [0.15, 0.2) is 5.84 Å². The van der Waals surface area contributed by atoms with E-state index in [4.69, 9.17) is 5.73 Å². The van der Waals surface area contributed by atoms with Gasteiger partial charge < -0.3 is 26.1 Å². The number of benzene rings is 1. The molecule has 1 fully saturated rings. The molecule has 0 unspecified atom stereocenters. The summed E-state index contributed by atoms with van der Waals surface area (Å²) < 4.78 is 0. The van der Waals surface area contributed by atoms with Crippen molar-refractivity contribution in [3.63, 3.8) is 0 Å². The molecule has 1 aliphatic heterocycles. The molecule has 3 heterocycles. The standard InChI is InChI=1S/C22H24N6O/c23-21(27-29)19-15-20(26-22(19)28-12-10-24-11-13-28)17-8-9-25-18(14-17)7-6-16-4-2-1-3-5-16/h1-9,14-15,24,26,29H,10-13H2,(H2,23,27). The number of hydrogen-bond acceptors (Lipinski definition) is 5. The van der Waals surface area contributed by atoms with E-state index in [9.17, 15) is 5.21 Å². The second-order valence-electron chi connectivity index (χ2n) is 6.88. The highest BCUT2D eigenvalue weighted by molar-refractivity contribution is 6.03. The number of amidine groups is 1. The highest BCUT2D eigenvalue weighted by Gasteiger charge is 2.20. The Kier molecular flexibility index (Phi) is 5.58. The van der Waals surface area contributed by atoms with Crippen molar-refractivity contribution in [1.82, 2.24) is 15.3 Å². The molecule has 7 heteroatoms. The average molecular weight is 388 g/mol. The van der Waals surface area contributed by atoms with Crippen LogP contribution >= 0.6 is 0 Å². The number of oxime groups is 1. The van der Waals surface area contributed by atoms with Crippen LogP contribution in [0.4, 0.5) is 5.82 Å². The van der Waals surface area contributed by atoms with E-state index in [0.717, 1.165) is 54.5 Å². The lowest BCUT2D eigenvalue weighted by Crippen LogP contribution is -2.44. The molecular formula is C22H24N6O. The zero-order chi connectivity index (χ0) is 20.1. The van der Waals surface area contributed by atoms with Gasteiger partial charge in [-0.05, 0) is 29.8 Å². The zero-order valence-electron chi connectivity index (χ0n) is 16.0. The topological polar surface area (TPSA) is 103 Å². The van der Waals surface area contributed by atoms with Crippen LogP contribution < -0.4 is 16.0 Å². The van der Waals surface area contributed by atoms with Crippen LogP contribution in [0, 0.1) is 0 Å². The third-order valence-electron chi connectivity index (χ3n) is 4.95. The summed E-state index contributed by atoms with van der Waals surface area (Å²) in [5, 5.41) is 15.8. The Labute approximate surface area is 169 Å². The predicted octanol–water partition coefficient (Wildman–Crippen LogP) is 2.75. The number of H-pyrrole nitrogens is 1. The second-order valence-corrected chi connectivity index (χ2v) is 6.88. The first kappa shape index (κ1) is 18.8. The van der Waals surface area contributed by atoms with Gasteiger partial charge in [0.25, 0.3) is 0 Å². The summed E-state index contributed by atoms with van der Waals surface area (Å²) in [5.41, 5.74) is 10.5. The van der Waals surface area contributed by atoms with Crippen LogP contribution in [0.25, 0.3) is 23.4 Å². The minimum atomic E-state index is 0.0966. The fourth-order valence-corrected chi connectivity index (χ4v) is 3.44. The van der Waals surface area contributed by atoms with Gasteiger partial charge in [-0.3, -0.25) is 4.98 Å². The highest BCUT2D eigenvalue weighted by Crippen LogP contribution is 2.28. The Morgan fingerprint density at radius 2 is 1.90 bits per heavy atom. The first-order valence-corrected chi connectivity index (χ1v) is 9.61. The molecule has 2 aromatic heterocycles. The molecular weight excluding hydrogens is 364 g/mol. The summed E-state index contributed by atoms with van der Waals surface area (Å²) in [7, 11) is 0. The predicted molar refractivity (Wildman–Crippen MR) is 117 cm³/mol. The van der Waals surface area contributed by atoms with E-state index < -0.39 is 0 Å². The Bertz CT molecular complexity index is 1020. The van der Waals surface area contributed by atoms with Gasteiger partial charge in [0, 0.05) is 43.6 Å². The maximum atomic E-state index is 9.21. The zero-order valence-corrected chi connectivity index (χ0v) is 16.0. The molecule has 0 saturated carbocycles. The number of aromatic nitrogens is 2. The number of nitrogens with two attached hydrogens (primary N) is 1. The molecule has 4 rings (SSSR count). The van der Waals surface area contributed by atoms with Gasteiger partial charge >= 0.3 is 0 Å². The van der Waals surface area contributed by atoms with Gasteiger partial charge in [0.1, 0.15) is 5.82 Å². The minimum Gasteiger partial charge on any atom is -0.409 e. The second kappa shape index (κ2) is 8.62. The van der Waals surface area contributed by atoms with Crippen LogP contribution in [0.15, 0.2) is 59.9 Å². The van der Waals surface area contributed by atoms with E-state index in [1.165, 1.54) is 0 Å². The number of hydrogen-bond donors (Lipinski definition) is 4. The molecule has 0 radical (unpaired) electrons. The molecule has 0 aliphatic carbocycles. The van der Waals surface area contributed by atoms with Crippen LogP contribution in [0.5, 0.6) is 0 Å². The first-order valence-electron chi connectivity index (χ1n) is 9.61. The van der Waals surface area contributed by atoms with Crippen molar-refractivity contribution in [2.75, 3.05) is 31.1 Å². The van der Waals surface area contributed by atoms with E-state index in [1.807, 2.05) is 60.7 Å². The maximum Gasteiger partial charge on any atom is 0.173 e. The largest absolute Gasteiger partial charge is 0.409 e. The Morgan fingerprint density at radius 1 is 1.10 bits per heavy atom. The van der Waals surface area contributed by atoms with E-state index in [1.54, 1.807) is 6.20 Å². The number of nitrogens with one attached hydrogen (secondary N) is 2. The van der Waals surface area contributed by atoms with E-state index in [0.29, 0.717) is 5.56 Å². The lowest BCUT2D eigenvalue weighted by molar-refractivity contribution is 0.318. The van der Waals surface area contributed by atoms with Gasteiger partial charge in [0.2, 0.25) is 0 Å². The van der Waals surface area contributed by atoms with Gasteiger partial charge in [-0.2, -0.15) is 0 Å². The SMILES string of the molecule is NC(=NO)c1cc(-c2ccnc(C=Cc3ccccc3)c2)[nH]c1N1CCNCC1. The fraction of sp³-hybridized carbons (Fsp3) is 0.182. The number of anilines is 1. The van der Waals surface area contributed by atoms with Crippen molar-refractivity contribution in [1.29, 1.82) is 0 Å². The quantitative estimate of drug-likeness (QED) is 0.233. The fourth-order valence-electron chi connectivity index (χ4n) is 3.44. The number of piperazine rings is 1. The lowest BCUT2D eigenvalue weighted by atomic mass is 10.1. The van der Waals surface area contributed by atoms with Crippen LogP contribution in [0.1, 0.15) is 16.8 Å². The van der Waals surface area contributed by atoms with Crippen LogP contribution in [-0.4, -0.2) is 47.2 Å². The third kappa shape index (κ3) is 4.30. The average Bonchev–Trinajstić information content (AvgIpc) is 3.24. The molecule has 0 atom stereocenters. The monoisotopic (exact) mass is 388 g/mol. The molecule has 148 valence electrons. The number of nitrogens with zero attached hydrogens (tertiary/aromatic N) is 3. The molecule has 3 aromatic rings. The number of pyridine rings is 1. The molecule has 1 aliphatic rings. The van der Waals surface area contributed by atoms with Crippen molar-refractivity contribution in [2.45, 2.75) is 0 Å². The molecule has 1 aromatic carbocycles. The maximum absolute atomic E-state index is 9.21. The van der Waals surface area contributed by atoms with Crippen molar-refractivity contribution >= 4 is 23.8 Å². The van der Waals surface area contributed by atoms with Crippen molar-refractivity contribution < 1.29 is 5.21 Å². The molecule has 0 amide bonds. The minimum absolute atomic E-state index is 0.0966. The van der Waals surface area contributed by atoms with Gasteiger partial charge in [0.05, 0.1) is 11.3 Å². The molecule has 29 heavy (non-hydrogen) atoms. The molecule has 0 bridgehead atoms. The molecule has 0 spiro atoms. The third-order valence-corrected chi connectivity index (χ3v) is 4.95. The van der Waals surface area contributed by atoms with E-state index in [-0.39, 0.29) is 5.84 Å².